The molecule has 0 bridgehead atoms. The first kappa shape index (κ1) is 11.9. The number of nitrogens with one attached hydrogen (secondary N) is 1. The minimum atomic E-state index is 0.531. The van der Waals surface area contributed by atoms with Crippen molar-refractivity contribution in [3.05, 3.63) is 22.3 Å². The summed E-state index contributed by atoms with van der Waals surface area (Å²) in [7, 11) is 0. The van der Waals surface area contributed by atoms with Crippen molar-refractivity contribution in [1.82, 2.24) is 14.8 Å². The maximum Gasteiger partial charge on any atom is 0.195 e. The highest BCUT2D eigenvalue weighted by molar-refractivity contribution is 7.99. The van der Waals surface area contributed by atoms with Crippen LogP contribution in [0.5, 0.6) is 0 Å². The number of hydrogen-bond donors (Lipinski definition) is 1. The zero-order valence-corrected chi connectivity index (χ0v) is 11.6. The van der Waals surface area contributed by atoms with Gasteiger partial charge in [-0.05, 0) is 29.9 Å². The molecule has 1 atom stereocenters. The van der Waals surface area contributed by atoms with Gasteiger partial charge in [0.25, 0.3) is 0 Å². The van der Waals surface area contributed by atoms with Crippen LogP contribution in [0.2, 0.25) is 0 Å². The molecule has 6 heteroatoms. The zero-order chi connectivity index (χ0) is 11.5. The third kappa shape index (κ3) is 2.39. The lowest BCUT2D eigenvalue weighted by Gasteiger charge is -2.10. The highest BCUT2D eigenvalue weighted by atomic mass is 32.2. The number of H-pyrrole nitrogens is 1. The smallest absolute Gasteiger partial charge is 0.195 e. The molecule has 0 radical (unpaired) electrons. The monoisotopic (exact) mass is 271 g/mol. The molecule has 0 saturated carbocycles. The molecule has 0 aliphatic heterocycles. The third-order valence-corrected chi connectivity index (χ3v) is 4.47. The van der Waals surface area contributed by atoms with Crippen molar-refractivity contribution in [2.75, 3.05) is 6.26 Å². The molecule has 2 aromatic heterocycles. The first-order valence-corrected chi connectivity index (χ1v) is 7.52. The summed E-state index contributed by atoms with van der Waals surface area (Å²) in [4.78, 5) is 1.15. The highest BCUT2D eigenvalue weighted by Gasteiger charge is 2.11. The van der Waals surface area contributed by atoms with Gasteiger partial charge < -0.3 is 0 Å². The topological polar surface area (TPSA) is 33.6 Å². The predicted octanol–water partition coefficient (Wildman–Crippen LogP) is 3.42. The van der Waals surface area contributed by atoms with Crippen LogP contribution in [0, 0.1) is 4.77 Å². The summed E-state index contributed by atoms with van der Waals surface area (Å²) in [5.74, 6) is 0.945. The lowest BCUT2D eigenvalue weighted by molar-refractivity contribution is 0.689. The van der Waals surface area contributed by atoms with E-state index in [1.54, 1.807) is 11.3 Å². The molecule has 3 nitrogen and oxygen atoms in total. The number of nitrogens with zero attached hydrogens (tertiary/aromatic N) is 2. The molecule has 0 saturated heterocycles. The fourth-order valence-corrected chi connectivity index (χ4v) is 2.64. The Bertz CT molecular complexity index is 498. The molecule has 2 heterocycles. The van der Waals surface area contributed by atoms with Gasteiger partial charge in [0, 0.05) is 11.8 Å². The molecule has 0 aliphatic carbocycles. The van der Waals surface area contributed by atoms with Gasteiger partial charge in [0.05, 0.1) is 4.88 Å². The molecule has 0 aliphatic rings. The fraction of sp³-hybridized carbons (Fsp3) is 0.400. The van der Waals surface area contributed by atoms with Crippen LogP contribution in [-0.2, 0) is 6.54 Å². The van der Waals surface area contributed by atoms with Gasteiger partial charge in [0.15, 0.2) is 10.6 Å². The number of thioether (sulfide) groups is 1. The van der Waals surface area contributed by atoms with Crippen LogP contribution in [-0.4, -0.2) is 26.3 Å². The molecule has 2 rings (SSSR count). The summed E-state index contributed by atoms with van der Waals surface area (Å²) in [6.07, 6.45) is 2.11. The summed E-state index contributed by atoms with van der Waals surface area (Å²) < 4.78 is 2.77. The Morgan fingerprint density at radius 3 is 3.12 bits per heavy atom. The van der Waals surface area contributed by atoms with Crippen molar-refractivity contribution in [1.29, 1.82) is 0 Å². The number of rotatable bonds is 4. The molecule has 1 N–H and O–H groups in total. The Morgan fingerprint density at radius 1 is 1.69 bits per heavy atom. The van der Waals surface area contributed by atoms with Crippen molar-refractivity contribution in [2.24, 2.45) is 0 Å². The molecule has 0 fully saturated rings. The summed E-state index contributed by atoms with van der Waals surface area (Å²) >= 11 is 8.77. The zero-order valence-electron chi connectivity index (χ0n) is 9.14. The van der Waals surface area contributed by atoms with Crippen LogP contribution in [0.1, 0.15) is 6.92 Å². The largest absolute Gasteiger partial charge is 0.298 e. The van der Waals surface area contributed by atoms with Crippen molar-refractivity contribution < 1.29 is 0 Å². The van der Waals surface area contributed by atoms with E-state index in [1.807, 2.05) is 17.8 Å². The van der Waals surface area contributed by atoms with E-state index in [0.717, 1.165) is 17.2 Å². The minimum Gasteiger partial charge on any atom is -0.298 e. The van der Waals surface area contributed by atoms with Gasteiger partial charge in [-0.3, -0.25) is 9.67 Å². The SMILES string of the molecule is CSC(C)Cn1c(-c2cccs2)n[nH]c1=S. The van der Waals surface area contributed by atoms with Gasteiger partial charge in [0.1, 0.15) is 0 Å². The number of aromatic amines is 1. The van der Waals surface area contributed by atoms with E-state index in [9.17, 15) is 0 Å². The normalized spacial score (nSPS) is 12.9. The molecule has 0 aromatic carbocycles. The maximum absolute atomic E-state index is 5.25. The molecule has 1 unspecified atom stereocenters. The number of thiophene rings is 1. The molecule has 0 spiro atoms. The fourth-order valence-electron chi connectivity index (χ4n) is 1.41. The van der Waals surface area contributed by atoms with Gasteiger partial charge in [-0.2, -0.15) is 16.9 Å². The summed E-state index contributed by atoms with van der Waals surface area (Å²) in [5, 5.41) is 9.74. The number of aromatic nitrogens is 3. The molecule has 0 amide bonds. The summed E-state index contributed by atoms with van der Waals surface area (Å²) in [6, 6.07) is 4.09. The molecule has 16 heavy (non-hydrogen) atoms. The second-order valence-electron chi connectivity index (χ2n) is 3.49. The Hall–Kier alpha value is -0.590. The maximum atomic E-state index is 5.25. The van der Waals surface area contributed by atoms with Crippen molar-refractivity contribution >= 4 is 35.3 Å². The second kappa shape index (κ2) is 5.16. The van der Waals surface area contributed by atoms with E-state index in [-0.39, 0.29) is 0 Å². The molecule has 86 valence electrons. The minimum absolute atomic E-state index is 0.531. The Kier molecular flexibility index (Phi) is 3.83. The average Bonchev–Trinajstić information content (AvgIpc) is 2.89. The van der Waals surface area contributed by atoms with E-state index >= 15 is 0 Å². The molecular formula is C10H13N3S3. The van der Waals surface area contributed by atoms with E-state index in [2.05, 4.69) is 39.4 Å². The highest BCUT2D eigenvalue weighted by Crippen LogP contribution is 2.23. The molecular weight excluding hydrogens is 258 g/mol. The van der Waals surface area contributed by atoms with Gasteiger partial charge in [-0.25, -0.2) is 0 Å². The second-order valence-corrected chi connectivity index (χ2v) is 6.10. The van der Waals surface area contributed by atoms with Crippen LogP contribution in [0.25, 0.3) is 10.7 Å². The molecule has 2 aromatic rings. The van der Waals surface area contributed by atoms with Gasteiger partial charge in [0.2, 0.25) is 0 Å². The van der Waals surface area contributed by atoms with Crippen LogP contribution in [0.3, 0.4) is 0 Å². The first-order valence-electron chi connectivity index (χ1n) is 4.94. The third-order valence-electron chi connectivity index (χ3n) is 2.34. The first-order chi connectivity index (χ1) is 7.72. The summed E-state index contributed by atoms with van der Waals surface area (Å²) in [6.45, 7) is 3.08. The van der Waals surface area contributed by atoms with Gasteiger partial charge in [-0.1, -0.05) is 13.0 Å². The Balaban J connectivity index is 2.37. The van der Waals surface area contributed by atoms with Crippen LogP contribution < -0.4 is 0 Å². The van der Waals surface area contributed by atoms with E-state index in [1.165, 1.54) is 0 Å². The average molecular weight is 271 g/mol. The van der Waals surface area contributed by atoms with Crippen LogP contribution >= 0.6 is 35.3 Å². The predicted molar refractivity (Wildman–Crippen MR) is 73.7 cm³/mol. The van der Waals surface area contributed by atoms with E-state index in [4.69, 9.17) is 12.2 Å². The summed E-state index contributed by atoms with van der Waals surface area (Å²) in [5.41, 5.74) is 0. The van der Waals surface area contributed by atoms with Crippen molar-refractivity contribution in [3.63, 3.8) is 0 Å². The number of hydrogen-bond acceptors (Lipinski definition) is 4. The van der Waals surface area contributed by atoms with Crippen LogP contribution in [0.4, 0.5) is 0 Å². The van der Waals surface area contributed by atoms with Crippen molar-refractivity contribution in [3.8, 4) is 10.7 Å². The Labute approximate surface area is 108 Å². The van der Waals surface area contributed by atoms with E-state index in [0.29, 0.717) is 10.0 Å². The standard InChI is InChI=1S/C10H13N3S3/c1-7(15-2)6-13-9(11-12-10(13)14)8-4-3-5-16-8/h3-5,7H,6H2,1-2H3,(H,12,14). The lowest BCUT2D eigenvalue weighted by Crippen LogP contribution is -2.10. The van der Waals surface area contributed by atoms with E-state index < -0.39 is 0 Å². The lowest BCUT2D eigenvalue weighted by atomic mass is 10.4. The van der Waals surface area contributed by atoms with Crippen molar-refractivity contribution in [2.45, 2.75) is 18.7 Å². The Morgan fingerprint density at radius 2 is 2.50 bits per heavy atom. The van der Waals surface area contributed by atoms with Gasteiger partial charge in [-0.15, -0.1) is 11.3 Å². The van der Waals surface area contributed by atoms with Gasteiger partial charge >= 0.3 is 0 Å². The van der Waals surface area contributed by atoms with Crippen LogP contribution in [0.15, 0.2) is 17.5 Å². The quantitative estimate of drug-likeness (QED) is 0.865.